The minimum atomic E-state index is -0.320. The third-order valence-electron chi connectivity index (χ3n) is 3.65. The highest BCUT2D eigenvalue weighted by Gasteiger charge is 2.11. The highest BCUT2D eigenvalue weighted by Crippen LogP contribution is 2.16. The lowest BCUT2D eigenvalue weighted by atomic mass is 10.2. The van der Waals surface area contributed by atoms with Crippen molar-refractivity contribution >= 4 is 41.4 Å². The van der Waals surface area contributed by atoms with Crippen molar-refractivity contribution in [1.82, 2.24) is 20.2 Å². The fraction of sp³-hybridized carbons (Fsp3) is 0.111. The van der Waals surface area contributed by atoms with Gasteiger partial charge in [-0.05, 0) is 35.4 Å². The summed E-state index contributed by atoms with van der Waals surface area (Å²) in [4.78, 5) is 12.0. The number of thioether (sulfide) groups is 1. The molecule has 29 heavy (non-hydrogen) atoms. The van der Waals surface area contributed by atoms with E-state index in [1.165, 1.54) is 16.8 Å². The maximum atomic E-state index is 12.9. The van der Waals surface area contributed by atoms with Crippen LogP contribution < -0.4 is 16.6 Å². The number of hydrazone groups is 1. The summed E-state index contributed by atoms with van der Waals surface area (Å²) in [6, 6.07) is 13.0. The lowest BCUT2D eigenvalue weighted by Gasteiger charge is -2.05. The predicted molar refractivity (Wildman–Crippen MR) is 112 cm³/mol. The number of hydrogen-bond acceptors (Lipinski definition) is 7. The van der Waals surface area contributed by atoms with Crippen LogP contribution in [0.15, 0.2) is 58.8 Å². The van der Waals surface area contributed by atoms with Crippen LogP contribution in [0.4, 0.5) is 10.3 Å². The molecule has 150 valence electrons. The van der Waals surface area contributed by atoms with E-state index in [0.717, 1.165) is 22.9 Å². The van der Waals surface area contributed by atoms with Gasteiger partial charge in [0.1, 0.15) is 5.82 Å². The molecule has 0 unspecified atom stereocenters. The second-order valence-corrected chi connectivity index (χ2v) is 7.17. The van der Waals surface area contributed by atoms with Crippen molar-refractivity contribution in [1.29, 1.82) is 0 Å². The number of nitrogens with zero attached hydrogens (tertiary/aromatic N) is 4. The van der Waals surface area contributed by atoms with Gasteiger partial charge in [-0.25, -0.2) is 14.5 Å². The van der Waals surface area contributed by atoms with Gasteiger partial charge >= 0.3 is 0 Å². The largest absolute Gasteiger partial charge is 0.351 e. The molecule has 0 saturated carbocycles. The minimum absolute atomic E-state index is 0.102. The molecule has 2 aromatic carbocycles. The Morgan fingerprint density at radius 3 is 2.66 bits per heavy atom. The van der Waals surface area contributed by atoms with E-state index in [1.54, 1.807) is 30.5 Å². The lowest BCUT2D eigenvalue weighted by molar-refractivity contribution is -0.118. The van der Waals surface area contributed by atoms with E-state index >= 15 is 0 Å². The van der Waals surface area contributed by atoms with E-state index in [9.17, 15) is 9.18 Å². The smallest absolute Gasteiger partial charge is 0.264 e. The van der Waals surface area contributed by atoms with Gasteiger partial charge in [0.2, 0.25) is 11.1 Å². The number of nitrogens with two attached hydrogens (primary N) is 1. The van der Waals surface area contributed by atoms with Gasteiger partial charge in [0, 0.05) is 11.6 Å². The zero-order valence-corrected chi connectivity index (χ0v) is 16.6. The molecule has 0 aliphatic rings. The van der Waals surface area contributed by atoms with E-state index < -0.39 is 0 Å². The Balaban J connectivity index is 1.46. The van der Waals surface area contributed by atoms with Crippen LogP contribution in [0.1, 0.15) is 11.1 Å². The normalized spacial score (nSPS) is 11.0. The molecule has 11 heteroatoms. The zero-order valence-electron chi connectivity index (χ0n) is 15.0. The third kappa shape index (κ3) is 6.19. The molecule has 0 aliphatic carbocycles. The van der Waals surface area contributed by atoms with Gasteiger partial charge in [0.15, 0.2) is 0 Å². The molecule has 1 aromatic heterocycles. The molecule has 0 aliphatic heterocycles. The fourth-order valence-electron chi connectivity index (χ4n) is 2.15. The van der Waals surface area contributed by atoms with E-state index in [-0.39, 0.29) is 23.4 Å². The first-order valence-corrected chi connectivity index (χ1v) is 9.76. The Kier molecular flexibility index (Phi) is 7.04. The number of anilines is 1. The average Bonchev–Trinajstić information content (AvgIpc) is 3.07. The highest BCUT2D eigenvalue weighted by atomic mass is 35.5. The van der Waals surface area contributed by atoms with Crippen LogP contribution in [0.5, 0.6) is 0 Å². The molecule has 0 fully saturated rings. The summed E-state index contributed by atoms with van der Waals surface area (Å²) in [5, 5.41) is 15.6. The number of nitrogens with one attached hydrogen (secondary N) is 2. The molecule has 0 spiro atoms. The number of nitrogen functional groups attached to an aromatic ring is 1. The van der Waals surface area contributed by atoms with E-state index in [1.807, 2.05) is 12.1 Å². The van der Waals surface area contributed by atoms with E-state index in [4.69, 9.17) is 17.4 Å². The number of benzene rings is 2. The first-order chi connectivity index (χ1) is 14.0. The number of halogens is 2. The first-order valence-electron chi connectivity index (χ1n) is 8.40. The molecule has 0 atom stereocenters. The van der Waals surface area contributed by atoms with Gasteiger partial charge in [-0.3, -0.25) is 4.79 Å². The summed E-state index contributed by atoms with van der Waals surface area (Å²) in [5.74, 6) is 5.72. The molecule has 1 amide bonds. The van der Waals surface area contributed by atoms with Gasteiger partial charge in [-0.2, -0.15) is 5.10 Å². The van der Waals surface area contributed by atoms with Crippen molar-refractivity contribution < 1.29 is 9.18 Å². The Morgan fingerprint density at radius 2 is 1.93 bits per heavy atom. The Morgan fingerprint density at radius 1 is 1.21 bits per heavy atom. The Bertz CT molecular complexity index is 992. The zero-order chi connectivity index (χ0) is 20.6. The van der Waals surface area contributed by atoms with Gasteiger partial charge in [-0.15, -0.1) is 10.2 Å². The van der Waals surface area contributed by atoms with Crippen LogP contribution in [0, 0.1) is 5.82 Å². The maximum absolute atomic E-state index is 12.9. The number of carbonyl (C=O) groups excluding carboxylic acids is 1. The molecule has 1 heterocycles. The van der Waals surface area contributed by atoms with Gasteiger partial charge in [0.25, 0.3) is 5.95 Å². The Labute approximate surface area is 175 Å². The second-order valence-electron chi connectivity index (χ2n) is 5.79. The maximum Gasteiger partial charge on any atom is 0.264 e. The summed E-state index contributed by atoms with van der Waals surface area (Å²) in [7, 11) is 0. The van der Waals surface area contributed by atoms with Crippen LogP contribution in [0.25, 0.3) is 0 Å². The average molecular weight is 434 g/mol. The monoisotopic (exact) mass is 433 g/mol. The van der Waals surface area contributed by atoms with Crippen molar-refractivity contribution in [2.24, 2.45) is 5.10 Å². The van der Waals surface area contributed by atoms with Gasteiger partial charge < -0.3 is 11.2 Å². The predicted octanol–water partition coefficient (Wildman–Crippen LogP) is 2.64. The van der Waals surface area contributed by atoms with Crippen molar-refractivity contribution in [2.75, 3.05) is 17.0 Å². The first kappa shape index (κ1) is 20.6. The number of carbonyl (C=O) groups is 1. The molecule has 4 N–H and O–H groups in total. The van der Waals surface area contributed by atoms with Crippen LogP contribution in [0.3, 0.4) is 0 Å². The molecule has 8 nitrogen and oxygen atoms in total. The number of hydrogen-bond donors (Lipinski definition) is 3. The standard InChI is InChI=1S/C18H17ClFN7OS/c19-14-5-1-13(2-6-14)10-23-24-17-25-26-18(27(17)21)29-11-16(28)22-9-12-3-7-15(20)8-4-12/h1-8,10H,9,11,21H2,(H,22,28)(H,24,25)/b23-10+. The fourth-order valence-corrected chi connectivity index (χ4v) is 2.96. The molecular weight excluding hydrogens is 417 g/mol. The highest BCUT2D eigenvalue weighted by molar-refractivity contribution is 7.99. The third-order valence-corrected chi connectivity index (χ3v) is 4.84. The molecule has 0 bridgehead atoms. The molecular formula is C18H17ClFN7OS. The SMILES string of the molecule is Nn1c(N/N=C/c2ccc(Cl)cc2)nnc1SCC(=O)NCc1ccc(F)cc1. The van der Waals surface area contributed by atoms with Crippen molar-refractivity contribution in [2.45, 2.75) is 11.7 Å². The topological polar surface area (TPSA) is 110 Å². The molecule has 3 rings (SSSR count). The number of rotatable bonds is 8. The Hall–Kier alpha value is -3.11. The summed E-state index contributed by atoms with van der Waals surface area (Å²) >= 11 is 6.96. The summed E-state index contributed by atoms with van der Waals surface area (Å²) in [5.41, 5.74) is 4.34. The summed E-state index contributed by atoms with van der Waals surface area (Å²) in [6.45, 7) is 0.307. The number of amides is 1. The van der Waals surface area contributed by atoms with E-state index in [0.29, 0.717) is 16.7 Å². The van der Waals surface area contributed by atoms with Crippen LogP contribution in [-0.2, 0) is 11.3 Å². The molecule has 0 radical (unpaired) electrons. The minimum Gasteiger partial charge on any atom is -0.351 e. The summed E-state index contributed by atoms with van der Waals surface area (Å²) in [6.07, 6.45) is 1.58. The quantitative estimate of drug-likeness (QED) is 0.218. The summed E-state index contributed by atoms with van der Waals surface area (Å²) < 4.78 is 14.1. The molecule has 0 saturated heterocycles. The second kappa shape index (κ2) is 9.89. The van der Waals surface area contributed by atoms with Crippen molar-refractivity contribution in [3.05, 3.63) is 70.5 Å². The van der Waals surface area contributed by atoms with Crippen LogP contribution in [0.2, 0.25) is 5.02 Å². The van der Waals surface area contributed by atoms with Crippen LogP contribution >= 0.6 is 23.4 Å². The number of aromatic nitrogens is 3. The van der Waals surface area contributed by atoms with E-state index in [2.05, 4.69) is 26.0 Å². The van der Waals surface area contributed by atoms with Crippen molar-refractivity contribution in [3.63, 3.8) is 0 Å². The van der Waals surface area contributed by atoms with Gasteiger partial charge in [0.05, 0.1) is 12.0 Å². The lowest BCUT2D eigenvalue weighted by Crippen LogP contribution is -2.25. The molecule has 3 aromatic rings. The van der Waals surface area contributed by atoms with Crippen molar-refractivity contribution in [3.8, 4) is 0 Å². The van der Waals surface area contributed by atoms with Gasteiger partial charge in [-0.1, -0.05) is 47.6 Å². The van der Waals surface area contributed by atoms with Crippen LogP contribution in [-0.4, -0.2) is 32.7 Å².